The van der Waals surface area contributed by atoms with Crippen molar-refractivity contribution in [3.05, 3.63) is 81.5 Å². The van der Waals surface area contributed by atoms with Crippen LogP contribution in [0.2, 0.25) is 0 Å². The molecule has 0 N–H and O–H groups in total. The summed E-state index contributed by atoms with van der Waals surface area (Å²) in [6, 6.07) is 12.3. The molecule has 0 amide bonds. The van der Waals surface area contributed by atoms with Gasteiger partial charge in [0.25, 0.3) is 0 Å². The normalized spacial score (nSPS) is 10.3. The van der Waals surface area contributed by atoms with Crippen molar-refractivity contribution in [2.24, 2.45) is 0 Å². The number of para-hydroxylation sites is 2. The molecule has 0 aliphatic carbocycles. The van der Waals surface area contributed by atoms with Crippen molar-refractivity contribution in [1.82, 2.24) is 0 Å². The van der Waals surface area contributed by atoms with Crippen LogP contribution in [0.3, 0.4) is 0 Å². The standard InChI is InChI=1S/2C13H17N.2ClH.Pd/c2*1-9(2)11-7-6-8-12(10(3)4)13(11)14-5;;;/h2*6-10H,1-4H3;2*1H;/q;;;;+2/p-2. The van der Waals surface area contributed by atoms with E-state index < -0.39 is 0 Å². The van der Waals surface area contributed by atoms with Crippen molar-refractivity contribution in [2.45, 2.75) is 79.1 Å². The van der Waals surface area contributed by atoms with Crippen LogP contribution in [-0.4, -0.2) is 0 Å². The zero-order valence-corrected chi connectivity index (χ0v) is 22.8. The molecule has 5 heteroatoms. The van der Waals surface area contributed by atoms with Crippen LogP contribution in [0.1, 0.15) is 101 Å². The predicted molar refractivity (Wildman–Crippen MR) is 133 cm³/mol. The Balaban J connectivity index is 0.000000516. The van der Waals surface area contributed by atoms with Crippen LogP contribution in [-0.2, 0) is 15.9 Å². The third-order valence-electron chi connectivity index (χ3n) is 4.91. The molecule has 0 bridgehead atoms. The van der Waals surface area contributed by atoms with E-state index in [1.54, 1.807) is 0 Å². The molecule has 31 heavy (non-hydrogen) atoms. The first kappa shape index (κ1) is 29.7. The van der Waals surface area contributed by atoms with E-state index in [-0.39, 0.29) is 15.9 Å². The molecule has 172 valence electrons. The molecule has 0 aliphatic heterocycles. The van der Waals surface area contributed by atoms with Gasteiger partial charge in [0.2, 0.25) is 0 Å². The summed E-state index contributed by atoms with van der Waals surface area (Å²) in [5.74, 6) is 1.71. The van der Waals surface area contributed by atoms with Crippen molar-refractivity contribution < 1.29 is 15.9 Å². The summed E-state index contributed by atoms with van der Waals surface area (Å²) in [5.41, 5.74) is 6.41. The minimum absolute atomic E-state index is 0.106. The van der Waals surface area contributed by atoms with E-state index in [1.165, 1.54) is 22.3 Å². The first-order valence-corrected chi connectivity index (χ1v) is 14.4. The number of hydrogen-bond donors (Lipinski definition) is 0. The molecule has 2 nitrogen and oxygen atoms in total. The van der Waals surface area contributed by atoms with Gasteiger partial charge in [-0.3, -0.25) is 0 Å². The quantitative estimate of drug-likeness (QED) is 0.264. The SMILES string of the molecule is [C-]#[N+]c1c(C(C)C)cccc1C(C)C.[C-]#[N+]c1c(C(C)C)cccc1C(C)C.[Cl][Pd][Cl]. The molecule has 0 radical (unpaired) electrons. The van der Waals surface area contributed by atoms with Crippen molar-refractivity contribution in [2.75, 3.05) is 0 Å². The van der Waals surface area contributed by atoms with Gasteiger partial charge in [0.05, 0.1) is 13.1 Å². The molecular formula is C26H34Cl2N2Pd. The Kier molecular flexibility index (Phi) is 14.8. The van der Waals surface area contributed by atoms with Gasteiger partial charge < -0.3 is 0 Å². The Morgan fingerprint density at radius 3 is 0.903 bits per heavy atom. The summed E-state index contributed by atoms with van der Waals surface area (Å²) in [7, 11) is 9.63. The van der Waals surface area contributed by atoms with E-state index in [0.717, 1.165) is 11.4 Å². The second-order valence-electron chi connectivity index (χ2n) is 8.46. The van der Waals surface area contributed by atoms with Crippen molar-refractivity contribution >= 4 is 30.4 Å². The Hall–Kier alpha value is -1.34. The van der Waals surface area contributed by atoms with E-state index in [2.05, 4.69) is 101 Å². The third-order valence-corrected chi connectivity index (χ3v) is 4.91. The van der Waals surface area contributed by atoms with Gasteiger partial charge >= 0.3 is 35.0 Å². The van der Waals surface area contributed by atoms with E-state index >= 15 is 0 Å². The Morgan fingerprint density at radius 2 is 0.774 bits per heavy atom. The van der Waals surface area contributed by atoms with Crippen LogP contribution in [0, 0.1) is 13.1 Å². The minimum atomic E-state index is -0.106. The first-order chi connectivity index (χ1) is 14.6. The van der Waals surface area contributed by atoms with Gasteiger partial charge in [-0.1, -0.05) is 91.8 Å². The van der Waals surface area contributed by atoms with Crippen LogP contribution >= 0.6 is 19.1 Å². The molecule has 2 rings (SSSR count). The molecule has 0 unspecified atom stereocenters. The van der Waals surface area contributed by atoms with Gasteiger partial charge in [0.15, 0.2) is 11.4 Å². The van der Waals surface area contributed by atoms with Gasteiger partial charge in [-0.25, -0.2) is 9.69 Å². The summed E-state index contributed by atoms with van der Waals surface area (Å²) >= 11 is -0.106. The fraction of sp³-hybridized carbons (Fsp3) is 0.462. The van der Waals surface area contributed by atoms with Crippen LogP contribution in [0.25, 0.3) is 9.69 Å². The number of rotatable bonds is 4. The van der Waals surface area contributed by atoms with E-state index in [0.29, 0.717) is 23.7 Å². The summed E-state index contributed by atoms with van der Waals surface area (Å²) in [4.78, 5) is 7.33. The second kappa shape index (κ2) is 15.5. The number of halogens is 2. The first-order valence-electron chi connectivity index (χ1n) is 10.4. The molecule has 0 atom stereocenters. The third kappa shape index (κ3) is 9.36. The molecule has 0 aliphatic rings. The fourth-order valence-corrected chi connectivity index (χ4v) is 3.28. The zero-order valence-electron chi connectivity index (χ0n) is 19.7. The molecule has 2 aromatic carbocycles. The average molecular weight is 552 g/mol. The molecule has 0 saturated carbocycles. The summed E-state index contributed by atoms with van der Waals surface area (Å²) < 4.78 is 0. The van der Waals surface area contributed by atoms with Crippen LogP contribution in [0.15, 0.2) is 36.4 Å². The Morgan fingerprint density at radius 1 is 0.581 bits per heavy atom. The van der Waals surface area contributed by atoms with Crippen LogP contribution < -0.4 is 0 Å². The fourth-order valence-electron chi connectivity index (χ4n) is 3.28. The number of benzene rings is 2. The van der Waals surface area contributed by atoms with Crippen molar-refractivity contribution in [1.29, 1.82) is 0 Å². The molecule has 0 fully saturated rings. The zero-order chi connectivity index (χ0) is 24.1. The van der Waals surface area contributed by atoms with Gasteiger partial charge in [-0.05, 0) is 45.9 Å². The van der Waals surface area contributed by atoms with Gasteiger partial charge in [0.1, 0.15) is 0 Å². The summed E-state index contributed by atoms with van der Waals surface area (Å²) in [6.07, 6.45) is 0. The second-order valence-corrected chi connectivity index (χ2v) is 10.8. The van der Waals surface area contributed by atoms with E-state index in [4.69, 9.17) is 32.2 Å². The van der Waals surface area contributed by atoms with E-state index in [9.17, 15) is 0 Å². The molecule has 0 saturated heterocycles. The van der Waals surface area contributed by atoms with Crippen molar-refractivity contribution in [3.8, 4) is 0 Å². The molecular weight excluding hydrogens is 518 g/mol. The Bertz CT molecular complexity index is 765. The summed E-state index contributed by atoms with van der Waals surface area (Å²) in [6.45, 7) is 31.5. The molecule has 0 spiro atoms. The van der Waals surface area contributed by atoms with Crippen LogP contribution in [0.5, 0.6) is 0 Å². The van der Waals surface area contributed by atoms with Gasteiger partial charge in [-0.2, -0.15) is 0 Å². The van der Waals surface area contributed by atoms with Crippen LogP contribution in [0.4, 0.5) is 11.4 Å². The molecule has 0 heterocycles. The number of hydrogen-bond acceptors (Lipinski definition) is 0. The molecule has 0 aromatic heterocycles. The van der Waals surface area contributed by atoms with Gasteiger partial charge in [-0.15, -0.1) is 0 Å². The van der Waals surface area contributed by atoms with E-state index in [1.807, 2.05) is 0 Å². The van der Waals surface area contributed by atoms with Gasteiger partial charge in [0, 0.05) is 0 Å². The Labute approximate surface area is 206 Å². The average Bonchev–Trinajstić information content (AvgIpc) is 2.73. The predicted octanol–water partition coefficient (Wildman–Crippen LogP) is 10.3. The molecule has 2 aromatic rings. The summed E-state index contributed by atoms with van der Waals surface area (Å²) in [5, 5.41) is 0. The monoisotopic (exact) mass is 550 g/mol. The maximum absolute atomic E-state index is 7.24. The topological polar surface area (TPSA) is 8.72 Å². The van der Waals surface area contributed by atoms with Crippen molar-refractivity contribution in [3.63, 3.8) is 0 Å². The number of nitrogens with zero attached hydrogens (tertiary/aromatic N) is 2. The maximum atomic E-state index is 7.24.